The van der Waals surface area contributed by atoms with E-state index < -0.39 is 0 Å². The van der Waals surface area contributed by atoms with E-state index in [9.17, 15) is 0 Å². The van der Waals surface area contributed by atoms with Gasteiger partial charge in [-0.25, -0.2) is 0 Å². The van der Waals surface area contributed by atoms with Gasteiger partial charge < -0.3 is 10.1 Å². The van der Waals surface area contributed by atoms with E-state index in [1.807, 2.05) is 30.3 Å². The van der Waals surface area contributed by atoms with E-state index >= 15 is 0 Å². The van der Waals surface area contributed by atoms with Crippen LogP contribution in [0.3, 0.4) is 0 Å². The van der Waals surface area contributed by atoms with Crippen LogP contribution in [0, 0.1) is 3.57 Å². The molecule has 0 heterocycles. The third-order valence-corrected chi connectivity index (χ3v) is 4.55. The van der Waals surface area contributed by atoms with E-state index in [1.165, 1.54) is 22.0 Å². The first-order valence-electron chi connectivity index (χ1n) is 6.66. The summed E-state index contributed by atoms with van der Waals surface area (Å²) in [5.74, 6) is 1.70. The summed E-state index contributed by atoms with van der Waals surface area (Å²) in [7, 11) is 0. The first-order valence-corrected chi connectivity index (χ1v) is 8.53. The summed E-state index contributed by atoms with van der Waals surface area (Å²) in [5, 5.41) is 3.51. The Morgan fingerprint density at radius 1 is 1.15 bits per heavy atom. The molecule has 2 aromatic carbocycles. The maximum absolute atomic E-state index is 5.89. The van der Waals surface area contributed by atoms with Crippen molar-refractivity contribution in [2.24, 2.45) is 0 Å². The Hall–Kier alpha value is -0.590. The lowest BCUT2D eigenvalue weighted by atomic mass is 10.2. The molecule has 0 amide bonds. The molecule has 0 aromatic heterocycles. The van der Waals surface area contributed by atoms with Gasteiger partial charge in [-0.05, 0) is 93.3 Å². The molecule has 0 unspecified atom stereocenters. The SMILES string of the molecule is Brc1cc(CNC2CC2)ccc1Oc1ccc(I)cc1. The molecule has 0 atom stereocenters. The summed E-state index contributed by atoms with van der Waals surface area (Å²) in [6.45, 7) is 0.924. The Morgan fingerprint density at radius 2 is 1.90 bits per heavy atom. The van der Waals surface area contributed by atoms with Crippen LogP contribution < -0.4 is 10.1 Å². The van der Waals surface area contributed by atoms with E-state index in [-0.39, 0.29) is 0 Å². The molecule has 0 saturated heterocycles. The molecule has 1 aliphatic rings. The van der Waals surface area contributed by atoms with E-state index in [0.29, 0.717) is 0 Å². The molecule has 104 valence electrons. The molecule has 3 rings (SSSR count). The predicted octanol–water partition coefficient (Wildman–Crippen LogP) is 5.10. The van der Waals surface area contributed by atoms with Crippen molar-refractivity contribution >= 4 is 38.5 Å². The molecule has 1 saturated carbocycles. The molecule has 2 nitrogen and oxygen atoms in total. The Labute approximate surface area is 141 Å². The highest BCUT2D eigenvalue weighted by Crippen LogP contribution is 2.31. The molecule has 20 heavy (non-hydrogen) atoms. The lowest BCUT2D eigenvalue weighted by molar-refractivity contribution is 0.479. The zero-order valence-corrected chi connectivity index (χ0v) is 14.6. The first kappa shape index (κ1) is 14.4. The van der Waals surface area contributed by atoms with Crippen LogP contribution in [-0.4, -0.2) is 6.04 Å². The summed E-state index contributed by atoms with van der Waals surface area (Å²) >= 11 is 5.87. The topological polar surface area (TPSA) is 21.3 Å². The van der Waals surface area contributed by atoms with Crippen LogP contribution in [-0.2, 0) is 6.54 Å². The molecule has 2 aromatic rings. The van der Waals surface area contributed by atoms with Gasteiger partial charge in [-0.3, -0.25) is 0 Å². The van der Waals surface area contributed by atoms with Gasteiger partial charge in [0.1, 0.15) is 11.5 Å². The number of hydrogen-bond donors (Lipinski definition) is 1. The van der Waals surface area contributed by atoms with E-state index in [4.69, 9.17) is 4.74 Å². The lowest BCUT2D eigenvalue weighted by Gasteiger charge is -2.10. The van der Waals surface area contributed by atoms with Crippen molar-refractivity contribution in [2.45, 2.75) is 25.4 Å². The molecule has 0 spiro atoms. The Morgan fingerprint density at radius 3 is 2.55 bits per heavy atom. The van der Waals surface area contributed by atoms with Crippen molar-refractivity contribution < 1.29 is 4.74 Å². The van der Waals surface area contributed by atoms with Crippen LogP contribution in [0.5, 0.6) is 11.5 Å². The number of hydrogen-bond acceptors (Lipinski definition) is 2. The molecule has 4 heteroatoms. The second-order valence-corrected chi connectivity index (χ2v) is 7.08. The quantitative estimate of drug-likeness (QED) is 0.649. The predicted molar refractivity (Wildman–Crippen MR) is 93.2 cm³/mol. The van der Waals surface area contributed by atoms with E-state index in [2.05, 4.69) is 56.0 Å². The number of rotatable bonds is 5. The first-order chi connectivity index (χ1) is 9.70. The fraction of sp³-hybridized carbons (Fsp3) is 0.250. The van der Waals surface area contributed by atoms with E-state index in [0.717, 1.165) is 28.6 Å². The minimum absolute atomic E-state index is 0.733. The van der Waals surface area contributed by atoms with Crippen molar-refractivity contribution in [1.82, 2.24) is 5.32 Å². The number of nitrogens with one attached hydrogen (secondary N) is 1. The minimum Gasteiger partial charge on any atom is -0.456 e. The molecule has 1 aliphatic carbocycles. The Balaban J connectivity index is 1.68. The zero-order valence-electron chi connectivity index (χ0n) is 10.9. The fourth-order valence-corrected chi connectivity index (χ4v) is 2.78. The average molecular weight is 444 g/mol. The Bertz CT molecular complexity index is 596. The van der Waals surface area contributed by atoms with Crippen LogP contribution >= 0.6 is 38.5 Å². The highest BCUT2D eigenvalue weighted by Gasteiger charge is 2.20. The highest BCUT2D eigenvalue weighted by molar-refractivity contribution is 14.1. The smallest absolute Gasteiger partial charge is 0.141 e. The third kappa shape index (κ3) is 3.96. The second kappa shape index (κ2) is 6.45. The van der Waals surface area contributed by atoms with Crippen molar-refractivity contribution in [3.05, 3.63) is 56.1 Å². The van der Waals surface area contributed by atoms with Gasteiger partial charge in [0.05, 0.1) is 4.47 Å². The van der Waals surface area contributed by atoms with Crippen LogP contribution in [0.1, 0.15) is 18.4 Å². The van der Waals surface area contributed by atoms with Crippen LogP contribution in [0.4, 0.5) is 0 Å². The van der Waals surface area contributed by atoms with Gasteiger partial charge in [0.25, 0.3) is 0 Å². The van der Waals surface area contributed by atoms with Crippen molar-refractivity contribution in [3.63, 3.8) is 0 Å². The summed E-state index contributed by atoms with van der Waals surface area (Å²) in [5.41, 5.74) is 1.28. The number of benzene rings is 2. The minimum atomic E-state index is 0.733. The highest BCUT2D eigenvalue weighted by atomic mass is 127. The number of ether oxygens (including phenoxy) is 1. The number of halogens is 2. The van der Waals surface area contributed by atoms with Crippen molar-refractivity contribution in [2.75, 3.05) is 0 Å². The van der Waals surface area contributed by atoms with Crippen LogP contribution in [0.2, 0.25) is 0 Å². The molecule has 0 bridgehead atoms. The molecule has 0 radical (unpaired) electrons. The van der Waals surface area contributed by atoms with Gasteiger partial charge in [-0.15, -0.1) is 0 Å². The maximum atomic E-state index is 5.89. The third-order valence-electron chi connectivity index (χ3n) is 3.21. The van der Waals surface area contributed by atoms with Gasteiger partial charge in [-0.2, -0.15) is 0 Å². The molecular weight excluding hydrogens is 429 g/mol. The van der Waals surface area contributed by atoms with Crippen molar-refractivity contribution in [1.29, 1.82) is 0 Å². The molecular formula is C16H15BrINO. The van der Waals surface area contributed by atoms with E-state index in [1.54, 1.807) is 0 Å². The average Bonchev–Trinajstić information content (AvgIpc) is 3.26. The second-order valence-electron chi connectivity index (χ2n) is 4.98. The normalized spacial score (nSPS) is 14.3. The fourth-order valence-electron chi connectivity index (χ4n) is 1.92. The summed E-state index contributed by atoms with van der Waals surface area (Å²) < 4.78 is 8.08. The zero-order chi connectivity index (χ0) is 13.9. The standard InChI is InChI=1S/C16H15BrINO/c17-15-9-11(10-19-13-4-5-13)1-8-16(15)20-14-6-2-12(18)3-7-14/h1-3,6-9,13,19H,4-5,10H2. The molecule has 1 N–H and O–H groups in total. The van der Waals surface area contributed by atoms with Crippen LogP contribution in [0.15, 0.2) is 46.9 Å². The summed E-state index contributed by atoms with van der Waals surface area (Å²) in [6.07, 6.45) is 2.63. The van der Waals surface area contributed by atoms with Crippen molar-refractivity contribution in [3.8, 4) is 11.5 Å². The van der Waals surface area contributed by atoms with Crippen LogP contribution in [0.25, 0.3) is 0 Å². The van der Waals surface area contributed by atoms with Gasteiger partial charge >= 0.3 is 0 Å². The monoisotopic (exact) mass is 443 g/mol. The van der Waals surface area contributed by atoms with Gasteiger partial charge in [-0.1, -0.05) is 6.07 Å². The summed E-state index contributed by atoms with van der Waals surface area (Å²) in [6, 6.07) is 15.0. The van der Waals surface area contributed by atoms with Gasteiger partial charge in [0.2, 0.25) is 0 Å². The lowest BCUT2D eigenvalue weighted by Crippen LogP contribution is -2.15. The summed E-state index contributed by atoms with van der Waals surface area (Å²) in [4.78, 5) is 0. The Kier molecular flexibility index (Phi) is 4.63. The molecule has 1 fully saturated rings. The largest absolute Gasteiger partial charge is 0.456 e. The van der Waals surface area contributed by atoms with Gasteiger partial charge in [0, 0.05) is 16.2 Å². The van der Waals surface area contributed by atoms with Gasteiger partial charge in [0.15, 0.2) is 0 Å². The molecule has 0 aliphatic heterocycles. The maximum Gasteiger partial charge on any atom is 0.141 e.